The molecule has 1 aliphatic carbocycles. The molecular formula is C15H24BrN3O2. The fraction of sp³-hybridized carbons (Fsp3) is 0.733. The van der Waals surface area contributed by atoms with Crippen LogP contribution in [0.25, 0.3) is 0 Å². The Morgan fingerprint density at radius 1 is 1.52 bits per heavy atom. The molecule has 2 rings (SSSR count). The molecule has 1 fully saturated rings. The van der Waals surface area contributed by atoms with Crippen molar-refractivity contribution >= 4 is 21.6 Å². The number of halogens is 1. The molecule has 5 nitrogen and oxygen atoms in total. The fourth-order valence-corrected chi connectivity index (χ4v) is 2.98. The summed E-state index contributed by atoms with van der Waals surface area (Å²) >= 11 is 3.38. The summed E-state index contributed by atoms with van der Waals surface area (Å²) in [5.41, 5.74) is 0.391. The molecule has 1 aliphatic rings. The van der Waals surface area contributed by atoms with Gasteiger partial charge in [-0.3, -0.25) is 4.79 Å². The minimum Gasteiger partial charge on any atom is -0.394 e. The van der Waals surface area contributed by atoms with Gasteiger partial charge in [0.25, 0.3) is 5.56 Å². The van der Waals surface area contributed by atoms with Crippen molar-refractivity contribution in [3.05, 3.63) is 21.0 Å². The molecule has 0 spiro atoms. The summed E-state index contributed by atoms with van der Waals surface area (Å²) in [6.45, 7) is 4.89. The van der Waals surface area contributed by atoms with Gasteiger partial charge < -0.3 is 10.4 Å². The van der Waals surface area contributed by atoms with Crippen LogP contribution in [0.15, 0.2) is 15.5 Å². The lowest BCUT2D eigenvalue weighted by atomic mass is 9.85. The Morgan fingerprint density at radius 2 is 2.24 bits per heavy atom. The molecule has 1 saturated carbocycles. The Balaban J connectivity index is 2.16. The van der Waals surface area contributed by atoms with Crippen molar-refractivity contribution in [1.29, 1.82) is 0 Å². The third kappa shape index (κ3) is 4.30. The molecule has 21 heavy (non-hydrogen) atoms. The second-order valence-electron chi connectivity index (χ2n) is 6.31. The highest BCUT2D eigenvalue weighted by Crippen LogP contribution is 2.27. The van der Waals surface area contributed by atoms with E-state index in [-0.39, 0.29) is 18.2 Å². The predicted octanol–water partition coefficient (Wildman–Crippen LogP) is 2.62. The number of rotatable bonds is 7. The zero-order valence-electron chi connectivity index (χ0n) is 12.7. The van der Waals surface area contributed by atoms with Gasteiger partial charge in [-0.05, 0) is 47.0 Å². The summed E-state index contributed by atoms with van der Waals surface area (Å²) in [6.07, 6.45) is 6.08. The van der Waals surface area contributed by atoms with Gasteiger partial charge in [-0.2, -0.15) is 5.10 Å². The largest absolute Gasteiger partial charge is 0.394 e. The van der Waals surface area contributed by atoms with Crippen LogP contribution in [-0.4, -0.2) is 27.5 Å². The monoisotopic (exact) mass is 357 g/mol. The smallest absolute Gasteiger partial charge is 0.291 e. The van der Waals surface area contributed by atoms with Gasteiger partial charge in [0, 0.05) is 12.6 Å². The maximum absolute atomic E-state index is 12.5. The minimum atomic E-state index is -0.117. The SMILES string of the molecule is CC(C)CC(CO)Nc1c(Br)cnn(CC2CCC2)c1=O. The van der Waals surface area contributed by atoms with Gasteiger partial charge in [-0.15, -0.1) is 0 Å². The molecule has 1 aromatic heterocycles. The first-order valence-corrected chi connectivity index (χ1v) is 8.43. The number of aromatic nitrogens is 2. The predicted molar refractivity (Wildman–Crippen MR) is 87.5 cm³/mol. The van der Waals surface area contributed by atoms with E-state index >= 15 is 0 Å². The van der Waals surface area contributed by atoms with E-state index in [1.54, 1.807) is 10.9 Å². The molecule has 2 N–H and O–H groups in total. The van der Waals surface area contributed by atoms with Gasteiger partial charge in [-0.25, -0.2) is 4.68 Å². The topological polar surface area (TPSA) is 67.2 Å². The van der Waals surface area contributed by atoms with Gasteiger partial charge in [0.15, 0.2) is 0 Å². The third-order valence-corrected chi connectivity index (χ3v) is 4.58. The van der Waals surface area contributed by atoms with Gasteiger partial charge in [-0.1, -0.05) is 20.3 Å². The highest BCUT2D eigenvalue weighted by atomic mass is 79.9. The fourth-order valence-electron chi connectivity index (χ4n) is 2.60. The quantitative estimate of drug-likeness (QED) is 0.786. The molecule has 1 unspecified atom stereocenters. The van der Waals surface area contributed by atoms with Gasteiger partial charge >= 0.3 is 0 Å². The number of aliphatic hydroxyl groups excluding tert-OH is 1. The Hall–Kier alpha value is -0.880. The lowest BCUT2D eigenvalue weighted by molar-refractivity contribution is 0.257. The minimum absolute atomic E-state index is 0.00894. The van der Waals surface area contributed by atoms with Gasteiger partial charge in [0.1, 0.15) is 5.69 Å². The first kappa shape index (κ1) is 16.5. The van der Waals surface area contributed by atoms with Crippen molar-refractivity contribution in [2.24, 2.45) is 11.8 Å². The summed E-state index contributed by atoms with van der Waals surface area (Å²) in [5.74, 6) is 1.03. The van der Waals surface area contributed by atoms with Crippen molar-refractivity contribution in [3.63, 3.8) is 0 Å². The Bertz CT molecular complexity index is 526. The van der Waals surface area contributed by atoms with Crippen molar-refractivity contribution in [3.8, 4) is 0 Å². The van der Waals surface area contributed by atoms with E-state index in [1.807, 2.05) is 0 Å². The Labute approximate surface area is 133 Å². The standard InChI is InChI=1S/C15H24BrN3O2/c1-10(2)6-12(9-20)18-14-13(16)7-17-19(15(14)21)8-11-4-3-5-11/h7,10-12,18,20H,3-6,8-9H2,1-2H3. The maximum atomic E-state index is 12.5. The average Bonchev–Trinajstić information content (AvgIpc) is 2.38. The van der Waals surface area contributed by atoms with Crippen LogP contribution in [0, 0.1) is 11.8 Å². The highest BCUT2D eigenvalue weighted by Gasteiger charge is 2.21. The maximum Gasteiger partial charge on any atom is 0.291 e. The van der Waals surface area contributed by atoms with E-state index in [0.717, 1.165) is 6.42 Å². The molecule has 6 heteroatoms. The average molecular weight is 358 g/mol. The van der Waals surface area contributed by atoms with Gasteiger partial charge in [0.2, 0.25) is 0 Å². The normalized spacial score (nSPS) is 16.8. The zero-order chi connectivity index (χ0) is 15.4. The van der Waals surface area contributed by atoms with Crippen molar-refractivity contribution in [1.82, 2.24) is 9.78 Å². The van der Waals surface area contributed by atoms with Crippen molar-refractivity contribution in [2.75, 3.05) is 11.9 Å². The van der Waals surface area contributed by atoms with Gasteiger partial charge in [0.05, 0.1) is 17.3 Å². The Morgan fingerprint density at radius 3 is 2.76 bits per heavy atom. The summed E-state index contributed by atoms with van der Waals surface area (Å²) in [7, 11) is 0. The van der Waals surface area contributed by atoms with Crippen LogP contribution in [0.1, 0.15) is 39.5 Å². The molecule has 0 radical (unpaired) electrons. The number of anilines is 1. The van der Waals surface area contributed by atoms with E-state index in [9.17, 15) is 9.90 Å². The van der Waals surface area contributed by atoms with Crippen LogP contribution in [0.3, 0.4) is 0 Å². The molecule has 1 heterocycles. The van der Waals surface area contributed by atoms with Crippen molar-refractivity contribution < 1.29 is 5.11 Å². The molecule has 0 aromatic carbocycles. The van der Waals surface area contributed by atoms with Crippen molar-refractivity contribution in [2.45, 2.75) is 52.1 Å². The number of aliphatic hydroxyl groups is 1. The molecule has 0 bridgehead atoms. The van der Waals surface area contributed by atoms with E-state index in [4.69, 9.17) is 0 Å². The summed E-state index contributed by atoms with van der Waals surface area (Å²) in [4.78, 5) is 12.5. The highest BCUT2D eigenvalue weighted by molar-refractivity contribution is 9.10. The van der Waals surface area contributed by atoms with E-state index < -0.39 is 0 Å². The first-order chi connectivity index (χ1) is 10.0. The third-order valence-electron chi connectivity index (χ3n) is 3.98. The number of nitrogens with zero attached hydrogens (tertiary/aromatic N) is 2. The van der Waals surface area contributed by atoms with E-state index in [0.29, 0.717) is 28.5 Å². The van der Waals surface area contributed by atoms with Crippen LogP contribution in [0.5, 0.6) is 0 Å². The number of hydrogen-bond donors (Lipinski definition) is 2. The lowest BCUT2D eigenvalue weighted by Crippen LogP contribution is -2.34. The second kappa shape index (κ2) is 7.40. The summed E-state index contributed by atoms with van der Waals surface area (Å²) < 4.78 is 2.19. The number of hydrogen-bond acceptors (Lipinski definition) is 4. The van der Waals surface area contributed by atoms with Crippen LogP contribution in [0.2, 0.25) is 0 Å². The Kier molecular flexibility index (Phi) is 5.81. The first-order valence-electron chi connectivity index (χ1n) is 7.64. The summed E-state index contributed by atoms with van der Waals surface area (Å²) in [5, 5.41) is 16.9. The molecule has 0 saturated heterocycles. The van der Waals surface area contributed by atoms with Crippen LogP contribution in [-0.2, 0) is 6.54 Å². The van der Waals surface area contributed by atoms with Crippen LogP contribution >= 0.6 is 15.9 Å². The molecule has 118 valence electrons. The second-order valence-corrected chi connectivity index (χ2v) is 7.16. The summed E-state index contributed by atoms with van der Waals surface area (Å²) in [6, 6.07) is -0.117. The molecule has 1 aromatic rings. The number of nitrogens with one attached hydrogen (secondary N) is 1. The molecular weight excluding hydrogens is 334 g/mol. The van der Waals surface area contributed by atoms with Crippen LogP contribution in [0.4, 0.5) is 5.69 Å². The van der Waals surface area contributed by atoms with Crippen LogP contribution < -0.4 is 10.9 Å². The van der Waals surface area contributed by atoms with E-state index in [2.05, 4.69) is 40.2 Å². The zero-order valence-corrected chi connectivity index (χ0v) is 14.3. The molecule has 0 amide bonds. The molecule has 1 atom stereocenters. The molecule has 0 aliphatic heterocycles. The van der Waals surface area contributed by atoms with E-state index in [1.165, 1.54) is 19.3 Å². The lowest BCUT2D eigenvalue weighted by Gasteiger charge is -2.26.